The molecule has 0 aliphatic carbocycles. The number of benzene rings is 1. The van der Waals surface area contributed by atoms with Crippen molar-refractivity contribution >= 4 is 17.5 Å². The van der Waals surface area contributed by atoms with Crippen LogP contribution in [0.3, 0.4) is 0 Å². The maximum absolute atomic E-state index is 4.53. The molecular weight excluding hydrogens is 300 g/mol. The minimum atomic E-state index is 0.618. The van der Waals surface area contributed by atoms with Crippen LogP contribution in [-0.4, -0.2) is 54.1 Å². The fourth-order valence-corrected chi connectivity index (χ4v) is 2.82. The lowest BCUT2D eigenvalue weighted by Crippen LogP contribution is -2.44. The van der Waals surface area contributed by atoms with Crippen molar-refractivity contribution in [2.75, 3.05) is 49.9 Å². The number of nitrogens with one attached hydrogen (secondary N) is 3. The normalized spacial score (nSPS) is 15.2. The molecule has 0 radical (unpaired) electrons. The van der Waals surface area contributed by atoms with E-state index in [9.17, 15) is 0 Å². The third-order valence-electron chi connectivity index (χ3n) is 4.10. The van der Waals surface area contributed by atoms with Crippen LogP contribution in [0.5, 0.6) is 0 Å². The molecule has 0 amide bonds. The Morgan fingerprint density at radius 1 is 1.21 bits per heavy atom. The monoisotopic (exact) mass is 326 g/mol. The van der Waals surface area contributed by atoms with Gasteiger partial charge >= 0.3 is 0 Å². The molecule has 0 saturated carbocycles. The summed E-state index contributed by atoms with van der Waals surface area (Å²) in [5, 5.41) is 10.0. The summed E-state index contributed by atoms with van der Waals surface area (Å²) in [6, 6.07) is 10.1. The van der Waals surface area contributed by atoms with Gasteiger partial charge in [-0.15, -0.1) is 0 Å². The number of aromatic nitrogens is 2. The predicted octanol–water partition coefficient (Wildman–Crippen LogP) is 2.24. The van der Waals surface area contributed by atoms with Crippen molar-refractivity contribution in [3.05, 3.63) is 42.1 Å². The zero-order valence-corrected chi connectivity index (χ0v) is 14.3. The van der Waals surface area contributed by atoms with Gasteiger partial charge in [-0.25, -0.2) is 4.98 Å². The van der Waals surface area contributed by atoms with E-state index in [1.165, 1.54) is 5.56 Å². The Morgan fingerprint density at radius 3 is 2.92 bits per heavy atom. The number of piperazine rings is 1. The maximum Gasteiger partial charge on any atom is 0.229 e. The van der Waals surface area contributed by atoms with Gasteiger partial charge in [0.15, 0.2) is 0 Å². The molecule has 1 saturated heterocycles. The predicted molar refractivity (Wildman–Crippen MR) is 98.9 cm³/mol. The minimum absolute atomic E-state index is 0.618. The molecule has 1 aliphatic heterocycles. The zero-order valence-electron chi connectivity index (χ0n) is 14.3. The van der Waals surface area contributed by atoms with Gasteiger partial charge in [0.1, 0.15) is 5.82 Å². The highest BCUT2D eigenvalue weighted by atomic mass is 15.2. The summed E-state index contributed by atoms with van der Waals surface area (Å²) >= 11 is 0. The SMILES string of the molecule is Cc1cccc(Nc2nccc(NCCCN3CCNCC3)n2)c1. The number of anilines is 3. The number of rotatable bonds is 7. The molecule has 2 aromatic rings. The third kappa shape index (κ3) is 5.18. The van der Waals surface area contributed by atoms with Crippen molar-refractivity contribution in [3.63, 3.8) is 0 Å². The van der Waals surface area contributed by atoms with Crippen LogP contribution in [0.2, 0.25) is 0 Å². The number of hydrogen-bond acceptors (Lipinski definition) is 6. The van der Waals surface area contributed by atoms with Crippen molar-refractivity contribution in [2.45, 2.75) is 13.3 Å². The second-order valence-electron chi connectivity index (χ2n) is 6.13. The van der Waals surface area contributed by atoms with E-state index in [1.807, 2.05) is 18.2 Å². The second-order valence-corrected chi connectivity index (χ2v) is 6.13. The molecule has 1 fully saturated rings. The van der Waals surface area contributed by atoms with E-state index >= 15 is 0 Å². The summed E-state index contributed by atoms with van der Waals surface area (Å²) in [6.45, 7) is 8.64. The van der Waals surface area contributed by atoms with E-state index in [0.29, 0.717) is 5.95 Å². The Kier molecular flexibility index (Phi) is 5.98. The van der Waals surface area contributed by atoms with Gasteiger partial charge in [-0.2, -0.15) is 4.98 Å². The fourth-order valence-electron chi connectivity index (χ4n) is 2.82. The van der Waals surface area contributed by atoms with Crippen molar-refractivity contribution in [1.82, 2.24) is 20.2 Å². The Hall–Kier alpha value is -2.18. The lowest BCUT2D eigenvalue weighted by molar-refractivity contribution is 0.240. The molecule has 24 heavy (non-hydrogen) atoms. The first kappa shape index (κ1) is 16.7. The van der Waals surface area contributed by atoms with E-state index < -0.39 is 0 Å². The van der Waals surface area contributed by atoms with E-state index in [-0.39, 0.29) is 0 Å². The second kappa shape index (κ2) is 8.61. The van der Waals surface area contributed by atoms with E-state index in [4.69, 9.17) is 0 Å². The maximum atomic E-state index is 4.53. The summed E-state index contributed by atoms with van der Waals surface area (Å²) in [7, 11) is 0. The fraction of sp³-hybridized carbons (Fsp3) is 0.444. The van der Waals surface area contributed by atoms with Gasteiger partial charge in [0.2, 0.25) is 5.95 Å². The number of aryl methyl sites for hydroxylation is 1. The lowest BCUT2D eigenvalue weighted by Gasteiger charge is -2.27. The molecule has 0 unspecified atom stereocenters. The molecule has 1 aromatic carbocycles. The van der Waals surface area contributed by atoms with E-state index in [0.717, 1.165) is 57.2 Å². The van der Waals surface area contributed by atoms with Crippen LogP contribution in [0.15, 0.2) is 36.5 Å². The van der Waals surface area contributed by atoms with Crippen LogP contribution < -0.4 is 16.0 Å². The molecule has 128 valence electrons. The number of hydrogen-bond donors (Lipinski definition) is 3. The smallest absolute Gasteiger partial charge is 0.229 e. The summed E-state index contributed by atoms with van der Waals surface area (Å²) in [5.74, 6) is 1.48. The van der Waals surface area contributed by atoms with Crippen LogP contribution in [0.25, 0.3) is 0 Å². The number of nitrogens with zero attached hydrogens (tertiary/aromatic N) is 3. The summed E-state index contributed by atoms with van der Waals surface area (Å²) in [4.78, 5) is 11.3. The molecule has 6 nitrogen and oxygen atoms in total. The largest absolute Gasteiger partial charge is 0.370 e. The first-order valence-electron chi connectivity index (χ1n) is 8.63. The first-order chi connectivity index (χ1) is 11.8. The van der Waals surface area contributed by atoms with E-state index in [1.54, 1.807) is 6.20 Å². The Balaban J connectivity index is 1.46. The standard InChI is InChI=1S/C18H26N6/c1-15-4-2-5-16(14-15)22-18-21-8-6-17(23-18)20-7-3-11-24-12-9-19-10-13-24/h2,4-6,8,14,19H,3,7,9-13H2,1H3,(H2,20,21,22,23). The zero-order chi connectivity index (χ0) is 16.6. The molecular formula is C18H26N6. The average Bonchev–Trinajstić information content (AvgIpc) is 2.60. The third-order valence-corrected chi connectivity index (χ3v) is 4.10. The molecule has 0 atom stereocenters. The Morgan fingerprint density at radius 2 is 2.08 bits per heavy atom. The Labute approximate surface area is 143 Å². The summed E-state index contributed by atoms with van der Waals surface area (Å²) < 4.78 is 0. The molecule has 6 heteroatoms. The van der Waals surface area contributed by atoms with Crippen LogP contribution in [0, 0.1) is 6.92 Å². The van der Waals surface area contributed by atoms with Gasteiger partial charge in [0.25, 0.3) is 0 Å². The molecule has 1 aromatic heterocycles. The van der Waals surface area contributed by atoms with Gasteiger partial charge in [0.05, 0.1) is 0 Å². The van der Waals surface area contributed by atoms with Gasteiger partial charge in [0, 0.05) is 44.6 Å². The van der Waals surface area contributed by atoms with Crippen LogP contribution in [0.4, 0.5) is 17.5 Å². The average molecular weight is 326 g/mol. The van der Waals surface area contributed by atoms with Gasteiger partial charge in [-0.1, -0.05) is 12.1 Å². The van der Waals surface area contributed by atoms with Gasteiger partial charge in [-0.3, -0.25) is 0 Å². The van der Waals surface area contributed by atoms with Crippen LogP contribution in [0.1, 0.15) is 12.0 Å². The molecule has 0 spiro atoms. The van der Waals surface area contributed by atoms with Crippen LogP contribution >= 0.6 is 0 Å². The first-order valence-corrected chi connectivity index (χ1v) is 8.63. The van der Waals surface area contributed by atoms with Gasteiger partial charge in [-0.05, 0) is 43.7 Å². The van der Waals surface area contributed by atoms with Crippen molar-refractivity contribution in [2.24, 2.45) is 0 Å². The summed E-state index contributed by atoms with van der Waals surface area (Å²) in [5.41, 5.74) is 2.22. The van der Waals surface area contributed by atoms with E-state index in [2.05, 4.69) is 49.9 Å². The van der Waals surface area contributed by atoms with Crippen molar-refractivity contribution in [1.29, 1.82) is 0 Å². The lowest BCUT2D eigenvalue weighted by atomic mass is 10.2. The van der Waals surface area contributed by atoms with Crippen LogP contribution in [-0.2, 0) is 0 Å². The molecule has 2 heterocycles. The Bertz CT molecular complexity index is 639. The molecule has 3 rings (SSSR count). The quantitative estimate of drug-likeness (QED) is 0.678. The van der Waals surface area contributed by atoms with Crippen molar-refractivity contribution in [3.8, 4) is 0 Å². The summed E-state index contributed by atoms with van der Waals surface area (Å²) in [6.07, 6.45) is 2.90. The minimum Gasteiger partial charge on any atom is -0.370 e. The molecule has 0 bridgehead atoms. The molecule has 3 N–H and O–H groups in total. The topological polar surface area (TPSA) is 65.1 Å². The highest BCUT2D eigenvalue weighted by Crippen LogP contribution is 2.15. The van der Waals surface area contributed by atoms with Gasteiger partial charge < -0.3 is 20.9 Å². The molecule has 1 aliphatic rings. The van der Waals surface area contributed by atoms with Crippen molar-refractivity contribution < 1.29 is 0 Å². The highest BCUT2D eigenvalue weighted by molar-refractivity contribution is 5.55. The highest BCUT2D eigenvalue weighted by Gasteiger charge is 2.08.